The number of nitro groups is 1. The van der Waals surface area contributed by atoms with Crippen molar-refractivity contribution >= 4 is 11.3 Å². The number of hydrogen-bond donors (Lipinski definition) is 0. The predicted octanol–water partition coefficient (Wildman–Crippen LogP) is 3.63. The number of fused-ring (bicyclic) bond motifs is 1. The summed E-state index contributed by atoms with van der Waals surface area (Å²) in [5, 5.41) is 22.3. The zero-order chi connectivity index (χ0) is 18.1. The van der Waals surface area contributed by atoms with Gasteiger partial charge in [0, 0.05) is 11.8 Å². The van der Waals surface area contributed by atoms with Gasteiger partial charge in [0.25, 0.3) is 0 Å². The van der Waals surface area contributed by atoms with E-state index in [1.54, 1.807) is 41.0 Å². The lowest BCUT2D eigenvalue weighted by Gasteiger charge is -2.08. The topological polar surface area (TPSA) is 95.5 Å². The Morgan fingerprint density at radius 1 is 1.04 bits per heavy atom. The van der Waals surface area contributed by atoms with E-state index in [-0.39, 0.29) is 5.75 Å². The molecule has 0 saturated carbocycles. The lowest BCUT2D eigenvalue weighted by atomic mass is 10.1. The summed E-state index contributed by atoms with van der Waals surface area (Å²) in [5.74, 6) is -0.330. The minimum atomic E-state index is -0.697. The first kappa shape index (κ1) is 15.6. The quantitative estimate of drug-likeness (QED) is 0.411. The monoisotopic (exact) mass is 351 g/mol. The average molecular weight is 351 g/mol. The standard InChI is InChI=1S/C17H10FN5O3/c18-13-4-7-16(15(9-13)23(24)25)26-14-5-1-11(2-6-14)12-3-8-17-19-20-21-22(17)10-12/h1-10H. The molecule has 0 aliphatic heterocycles. The first-order valence-corrected chi connectivity index (χ1v) is 7.50. The second kappa shape index (κ2) is 6.20. The van der Waals surface area contributed by atoms with Crippen LogP contribution in [0, 0.1) is 15.9 Å². The van der Waals surface area contributed by atoms with Crippen molar-refractivity contribution in [3.05, 3.63) is 76.7 Å². The molecule has 9 heteroatoms. The van der Waals surface area contributed by atoms with E-state index < -0.39 is 16.4 Å². The van der Waals surface area contributed by atoms with Crippen LogP contribution in [0.25, 0.3) is 16.8 Å². The smallest absolute Gasteiger partial charge is 0.314 e. The number of pyridine rings is 1. The molecule has 26 heavy (non-hydrogen) atoms. The molecule has 0 fully saturated rings. The SMILES string of the molecule is O=[N+]([O-])c1cc(F)ccc1Oc1ccc(-c2ccc3nnnn3c2)cc1. The van der Waals surface area contributed by atoms with Gasteiger partial charge in [-0.05, 0) is 52.4 Å². The number of hydrogen-bond acceptors (Lipinski definition) is 6. The van der Waals surface area contributed by atoms with E-state index >= 15 is 0 Å². The molecule has 2 aromatic heterocycles. The number of benzene rings is 2. The van der Waals surface area contributed by atoms with Crippen LogP contribution in [0.5, 0.6) is 11.5 Å². The fourth-order valence-corrected chi connectivity index (χ4v) is 2.47. The molecule has 0 aliphatic carbocycles. The van der Waals surface area contributed by atoms with E-state index in [1.165, 1.54) is 6.07 Å². The maximum absolute atomic E-state index is 13.2. The molecule has 0 spiro atoms. The van der Waals surface area contributed by atoms with Gasteiger partial charge in [-0.3, -0.25) is 10.1 Å². The molecule has 2 aromatic carbocycles. The summed E-state index contributed by atoms with van der Waals surface area (Å²) in [4.78, 5) is 10.3. The Morgan fingerprint density at radius 3 is 2.58 bits per heavy atom. The van der Waals surface area contributed by atoms with Gasteiger partial charge in [0.1, 0.15) is 11.6 Å². The third-order valence-corrected chi connectivity index (χ3v) is 3.72. The summed E-state index contributed by atoms with van der Waals surface area (Å²) < 4.78 is 20.3. The highest BCUT2D eigenvalue weighted by Gasteiger charge is 2.17. The van der Waals surface area contributed by atoms with Crippen molar-refractivity contribution in [2.45, 2.75) is 0 Å². The maximum Gasteiger partial charge on any atom is 0.314 e. The van der Waals surface area contributed by atoms with E-state index in [0.29, 0.717) is 11.4 Å². The van der Waals surface area contributed by atoms with Crippen LogP contribution in [0.4, 0.5) is 10.1 Å². The zero-order valence-corrected chi connectivity index (χ0v) is 13.1. The lowest BCUT2D eigenvalue weighted by Crippen LogP contribution is -1.94. The van der Waals surface area contributed by atoms with Gasteiger partial charge >= 0.3 is 5.69 Å². The number of halogens is 1. The minimum absolute atomic E-state index is 0.0285. The third-order valence-electron chi connectivity index (χ3n) is 3.72. The lowest BCUT2D eigenvalue weighted by molar-refractivity contribution is -0.385. The molecular formula is C17H10FN5O3. The number of nitro benzene ring substituents is 1. The summed E-state index contributed by atoms with van der Waals surface area (Å²) in [6.07, 6.45) is 1.79. The van der Waals surface area contributed by atoms with Gasteiger partial charge in [-0.1, -0.05) is 12.1 Å². The highest BCUT2D eigenvalue weighted by atomic mass is 19.1. The zero-order valence-electron chi connectivity index (χ0n) is 13.1. The highest BCUT2D eigenvalue weighted by molar-refractivity contribution is 5.65. The largest absolute Gasteiger partial charge is 0.450 e. The Morgan fingerprint density at radius 2 is 1.81 bits per heavy atom. The fourth-order valence-electron chi connectivity index (χ4n) is 2.47. The molecular weight excluding hydrogens is 341 g/mol. The third kappa shape index (κ3) is 2.93. The van der Waals surface area contributed by atoms with Crippen LogP contribution in [0.2, 0.25) is 0 Å². The second-order valence-electron chi connectivity index (χ2n) is 5.40. The minimum Gasteiger partial charge on any atom is -0.450 e. The maximum atomic E-state index is 13.2. The molecule has 0 bridgehead atoms. The van der Waals surface area contributed by atoms with Crippen molar-refractivity contribution < 1.29 is 14.1 Å². The van der Waals surface area contributed by atoms with Crippen molar-refractivity contribution in [3.63, 3.8) is 0 Å². The van der Waals surface area contributed by atoms with Gasteiger partial charge in [-0.2, -0.15) is 0 Å². The van der Waals surface area contributed by atoms with Crippen LogP contribution in [0.1, 0.15) is 0 Å². The van der Waals surface area contributed by atoms with Crippen LogP contribution < -0.4 is 4.74 Å². The number of aromatic nitrogens is 4. The molecule has 4 aromatic rings. The number of rotatable bonds is 4. The van der Waals surface area contributed by atoms with Crippen LogP contribution in [0.15, 0.2) is 60.8 Å². The number of nitrogens with zero attached hydrogens (tertiary/aromatic N) is 5. The second-order valence-corrected chi connectivity index (χ2v) is 5.40. The molecule has 4 rings (SSSR count). The Balaban J connectivity index is 1.61. The number of ether oxygens (including phenoxy) is 1. The summed E-state index contributed by atoms with van der Waals surface area (Å²) in [6, 6.07) is 13.8. The van der Waals surface area contributed by atoms with E-state index in [4.69, 9.17) is 4.74 Å². The van der Waals surface area contributed by atoms with E-state index in [9.17, 15) is 14.5 Å². The summed E-state index contributed by atoms with van der Waals surface area (Å²) >= 11 is 0. The van der Waals surface area contributed by atoms with Gasteiger partial charge in [0.05, 0.1) is 11.0 Å². The van der Waals surface area contributed by atoms with Crippen LogP contribution in [-0.4, -0.2) is 25.0 Å². The van der Waals surface area contributed by atoms with E-state index in [0.717, 1.165) is 23.3 Å². The molecule has 0 amide bonds. The van der Waals surface area contributed by atoms with E-state index in [1.807, 2.05) is 6.07 Å². The Labute approximate surface area is 145 Å². The average Bonchev–Trinajstić information content (AvgIpc) is 3.11. The normalized spacial score (nSPS) is 10.8. The predicted molar refractivity (Wildman–Crippen MR) is 89.3 cm³/mol. The molecule has 0 aliphatic rings. The molecule has 8 nitrogen and oxygen atoms in total. The Kier molecular flexibility index (Phi) is 3.73. The van der Waals surface area contributed by atoms with Crippen LogP contribution >= 0.6 is 0 Å². The Bertz CT molecular complexity index is 1110. The molecule has 0 unspecified atom stereocenters. The van der Waals surface area contributed by atoms with Gasteiger partial charge < -0.3 is 4.74 Å². The van der Waals surface area contributed by atoms with Crippen LogP contribution in [0.3, 0.4) is 0 Å². The first-order chi connectivity index (χ1) is 12.6. The van der Waals surface area contributed by atoms with Gasteiger partial charge in [-0.15, -0.1) is 5.10 Å². The summed E-state index contributed by atoms with van der Waals surface area (Å²) in [6.45, 7) is 0. The van der Waals surface area contributed by atoms with Gasteiger partial charge in [0.15, 0.2) is 5.65 Å². The van der Waals surface area contributed by atoms with Crippen molar-refractivity contribution in [1.82, 2.24) is 20.0 Å². The van der Waals surface area contributed by atoms with Gasteiger partial charge in [-0.25, -0.2) is 8.91 Å². The number of tetrazole rings is 1. The van der Waals surface area contributed by atoms with Gasteiger partial charge in [0.2, 0.25) is 5.75 Å². The first-order valence-electron chi connectivity index (χ1n) is 7.50. The van der Waals surface area contributed by atoms with Crippen molar-refractivity contribution in [2.75, 3.05) is 0 Å². The Hall–Kier alpha value is -3.88. The highest BCUT2D eigenvalue weighted by Crippen LogP contribution is 2.32. The van der Waals surface area contributed by atoms with Crippen molar-refractivity contribution in [3.8, 4) is 22.6 Å². The molecule has 0 N–H and O–H groups in total. The molecule has 0 saturated heterocycles. The molecule has 0 atom stereocenters. The molecule has 2 heterocycles. The summed E-state index contributed by atoms with van der Waals surface area (Å²) in [5.41, 5.74) is 1.99. The molecule has 128 valence electrons. The van der Waals surface area contributed by atoms with E-state index in [2.05, 4.69) is 15.5 Å². The van der Waals surface area contributed by atoms with Crippen LogP contribution in [-0.2, 0) is 0 Å². The van der Waals surface area contributed by atoms with Crippen molar-refractivity contribution in [2.24, 2.45) is 0 Å². The molecule has 0 radical (unpaired) electrons. The fraction of sp³-hybridized carbons (Fsp3) is 0. The van der Waals surface area contributed by atoms with Crippen molar-refractivity contribution in [1.29, 1.82) is 0 Å². The summed E-state index contributed by atoms with van der Waals surface area (Å²) in [7, 11) is 0.